The molecule has 0 aliphatic heterocycles. The Balaban J connectivity index is 2.63. The maximum atomic E-state index is 12.3. The Kier molecular flexibility index (Phi) is 8.54. The zero-order valence-corrected chi connectivity index (χ0v) is 16.4. The number of carbonyl (C=O) groups is 2. The molecule has 0 aliphatic carbocycles. The summed E-state index contributed by atoms with van der Waals surface area (Å²) in [7, 11) is -3.86. The molecular formula is C16H26N2O5S2. The van der Waals surface area contributed by atoms with E-state index in [0.717, 1.165) is 16.2 Å². The average Bonchev–Trinajstić information content (AvgIpc) is 2.95. The highest BCUT2D eigenvalue weighted by atomic mass is 32.2. The van der Waals surface area contributed by atoms with Crippen LogP contribution in [-0.4, -0.2) is 38.0 Å². The average molecular weight is 391 g/mol. The summed E-state index contributed by atoms with van der Waals surface area (Å²) in [5, 5.41) is 11.9. The predicted octanol–water partition coefficient (Wildman–Crippen LogP) is 1.98. The Morgan fingerprint density at radius 3 is 2.52 bits per heavy atom. The van der Waals surface area contributed by atoms with Gasteiger partial charge in [-0.3, -0.25) is 9.59 Å². The van der Waals surface area contributed by atoms with Gasteiger partial charge in [0.2, 0.25) is 5.91 Å². The molecule has 1 aromatic heterocycles. The quantitative estimate of drug-likeness (QED) is 0.535. The Morgan fingerprint density at radius 2 is 1.96 bits per heavy atom. The lowest BCUT2D eigenvalue weighted by Gasteiger charge is -2.12. The number of rotatable bonds is 11. The lowest BCUT2D eigenvalue weighted by molar-refractivity contribution is -0.139. The second-order valence-corrected chi connectivity index (χ2v) is 9.33. The lowest BCUT2D eigenvalue weighted by Crippen LogP contribution is -2.40. The second kappa shape index (κ2) is 9.88. The van der Waals surface area contributed by atoms with Crippen LogP contribution < -0.4 is 10.0 Å². The molecule has 0 fully saturated rings. The number of nitrogens with one attached hydrogen (secondary N) is 2. The molecule has 0 radical (unpaired) electrons. The molecule has 142 valence electrons. The molecule has 9 heteroatoms. The summed E-state index contributed by atoms with van der Waals surface area (Å²) in [6, 6.07) is 2.02. The van der Waals surface area contributed by atoms with Gasteiger partial charge in [-0.25, -0.2) is 8.42 Å². The second-order valence-electron chi connectivity index (χ2n) is 6.22. The minimum Gasteiger partial charge on any atom is -0.480 e. The molecule has 1 atom stereocenters. The first-order valence-corrected chi connectivity index (χ1v) is 10.6. The van der Waals surface area contributed by atoms with Crippen LogP contribution in [0.5, 0.6) is 0 Å². The van der Waals surface area contributed by atoms with Gasteiger partial charge < -0.3 is 10.4 Å². The van der Waals surface area contributed by atoms with Crippen molar-refractivity contribution in [1.82, 2.24) is 10.0 Å². The molecule has 1 rings (SSSR count). The monoisotopic (exact) mass is 390 g/mol. The van der Waals surface area contributed by atoms with Crippen molar-refractivity contribution in [1.29, 1.82) is 0 Å². The minimum atomic E-state index is -3.86. The third-order valence-electron chi connectivity index (χ3n) is 3.36. The zero-order chi connectivity index (χ0) is 19.0. The molecule has 0 saturated carbocycles. The fourth-order valence-electron chi connectivity index (χ4n) is 2.17. The molecular weight excluding hydrogens is 364 g/mol. The van der Waals surface area contributed by atoms with Crippen LogP contribution in [0.1, 0.15) is 44.9 Å². The van der Waals surface area contributed by atoms with E-state index in [0.29, 0.717) is 25.8 Å². The molecule has 1 aromatic rings. The zero-order valence-electron chi connectivity index (χ0n) is 14.7. The topological polar surface area (TPSA) is 113 Å². The maximum Gasteiger partial charge on any atom is 0.321 e. The van der Waals surface area contributed by atoms with Gasteiger partial charge in [0.25, 0.3) is 10.0 Å². The third kappa shape index (κ3) is 7.54. The van der Waals surface area contributed by atoms with Crippen molar-refractivity contribution in [3.8, 4) is 0 Å². The van der Waals surface area contributed by atoms with E-state index in [1.807, 2.05) is 13.8 Å². The van der Waals surface area contributed by atoms with Crippen LogP contribution in [0.2, 0.25) is 0 Å². The van der Waals surface area contributed by atoms with Gasteiger partial charge in [0.15, 0.2) is 0 Å². The van der Waals surface area contributed by atoms with E-state index < -0.39 is 22.0 Å². The number of carboxylic acid groups (broad SMARTS) is 1. The summed E-state index contributed by atoms with van der Waals surface area (Å²) >= 11 is 1.08. The molecule has 1 amide bonds. The first-order valence-electron chi connectivity index (χ1n) is 8.26. The summed E-state index contributed by atoms with van der Waals surface area (Å²) in [5.74, 6) is -0.921. The molecule has 0 aliphatic rings. The van der Waals surface area contributed by atoms with Crippen molar-refractivity contribution in [2.45, 2.75) is 56.7 Å². The van der Waals surface area contributed by atoms with Gasteiger partial charge in [0.1, 0.15) is 10.3 Å². The van der Waals surface area contributed by atoms with Crippen LogP contribution in [0.3, 0.4) is 0 Å². The first kappa shape index (κ1) is 21.6. The number of thiophene rings is 1. The fourth-order valence-corrected chi connectivity index (χ4v) is 4.77. The van der Waals surface area contributed by atoms with Gasteiger partial charge in [-0.15, -0.1) is 11.3 Å². The maximum absolute atomic E-state index is 12.3. The number of hydrogen-bond acceptors (Lipinski definition) is 5. The molecule has 0 spiro atoms. The minimum absolute atomic E-state index is 0.0232. The predicted molar refractivity (Wildman–Crippen MR) is 97.1 cm³/mol. The summed E-state index contributed by atoms with van der Waals surface area (Å²) < 4.78 is 26.9. The van der Waals surface area contributed by atoms with E-state index in [1.165, 1.54) is 6.07 Å². The molecule has 0 aromatic carbocycles. The SMILES string of the molecule is CCCC(NS(=O)(=O)c1ccc(CCNC(=O)CC(C)C)s1)C(=O)O. The smallest absolute Gasteiger partial charge is 0.321 e. The summed E-state index contributed by atoms with van der Waals surface area (Å²) in [4.78, 5) is 23.5. The van der Waals surface area contributed by atoms with Gasteiger partial charge in [-0.1, -0.05) is 27.2 Å². The molecule has 0 bridgehead atoms. The molecule has 1 unspecified atom stereocenters. The lowest BCUT2D eigenvalue weighted by atomic mass is 10.1. The van der Waals surface area contributed by atoms with E-state index in [4.69, 9.17) is 5.11 Å². The highest BCUT2D eigenvalue weighted by molar-refractivity contribution is 7.91. The molecule has 3 N–H and O–H groups in total. The molecule has 25 heavy (non-hydrogen) atoms. The van der Waals surface area contributed by atoms with Crippen molar-refractivity contribution in [2.75, 3.05) is 6.54 Å². The van der Waals surface area contributed by atoms with E-state index in [9.17, 15) is 18.0 Å². The number of carbonyl (C=O) groups excluding carboxylic acids is 1. The van der Waals surface area contributed by atoms with Crippen molar-refractivity contribution < 1.29 is 23.1 Å². The fraction of sp³-hybridized carbons (Fsp3) is 0.625. The van der Waals surface area contributed by atoms with Gasteiger partial charge in [0.05, 0.1) is 0 Å². The van der Waals surface area contributed by atoms with Crippen molar-refractivity contribution >= 4 is 33.2 Å². The van der Waals surface area contributed by atoms with Gasteiger partial charge in [-0.05, 0) is 30.9 Å². The van der Waals surface area contributed by atoms with Crippen molar-refractivity contribution in [3.63, 3.8) is 0 Å². The highest BCUT2D eigenvalue weighted by Gasteiger charge is 2.25. The molecule has 0 saturated heterocycles. The van der Waals surface area contributed by atoms with Crippen LogP contribution >= 0.6 is 11.3 Å². The Hall–Kier alpha value is -1.45. The van der Waals surface area contributed by atoms with Gasteiger partial charge >= 0.3 is 5.97 Å². The number of hydrogen-bond donors (Lipinski definition) is 3. The standard InChI is InChI=1S/C16H26N2O5S2/c1-4-5-13(16(20)21)18-25(22,23)15-7-6-12(24-15)8-9-17-14(19)10-11(2)3/h6-7,11,13,18H,4-5,8-10H2,1-3H3,(H,17,19)(H,20,21). The largest absolute Gasteiger partial charge is 0.480 e. The normalized spacial score (nSPS) is 13.0. The van der Waals surface area contributed by atoms with Crippen LogP contribution in [0, 0.1) is 5.92 Å². The third-order valence-corrected chi connectivity index (χ3v) is 6.47. The number of sulfonamides is 1. The van der Waals surface area contributed by atoms with E-state index in [-0.39, 0.29) is 22.5 Å². The summed E-state index contributed by atoms with van der Waals surface area (Å²) in [5.41, 5.74) is 0. The number of carboxylic acids is 1. The number of aliphatic carboxylic acids is 1. The van der Waals surface area contributed by atoms with Gasteiger partial charge in [0, 0.05) is 17.8 Å². The number of amides is 1. The van der Waals surface area contributed by atoms with Crippen LogP contribution in [0.25, 0.3) is 0 Å². The van der Waals surface area contributed by atoms with Crippen LogP contribution in [0.15, 0.2) is 16.3 Å². The van der Waals surface area contributed by atoms with Crippen molar-refractivity contribution in [2.24, 2.45) is 5.92 Å². The van der Waals surface area contributed by atoms with Crippen molar-refractivity contribution in [3.05, 3.63) is 17.0 Å². The summed E-state index contributed by atoms with van der Waals surface area (Å²) in [6.45, 7) is 6.16. The Bertz CT molecular complexity index is 682. The molecule has 7 nitrogen and oxygen atoms in total. The summed E-state index contributed by atoms with van der Waals surface area (Å²) in [6.07, 6.45) is 1.78. The van der Waals surface area contributed by atoms with Crippen LogP contribution in [0.4, 0.5) is 0 Å². The first-order chi connectivity index (χ1) is 11.7. The van der Waals surface area contributed by atoms with Crippen LogP contribution in [-0.2, 0) is 26.0 Å². The van der Waals surface area contributed by atoms with Gasteiger partial charge in [-0.2, -0.15) is 4.72 Å². The van der Waals surface area contributed by atoms with E-state index in [2.05, 4.69) is 10.0 Å². The molecule has 1 heterocycles. The Labute approximate surface area is 152 Å². The highest BCUT2D eigenvalue weighted by Crippen LogP contribution is 2.22. The Morgan fingerprint density at radius 1 is 1.28 bits per heavy atom. The van der Waals surface area contributed by atoms with E-state index >= 15 is 0 Å². The van der Waals surface area contributed by atoms with E-state index in [1.54, 1.807) is 13.0 Å².